The van der Waals surface area contributed by atoms with E-state index in [0.29, 0.717) is 24.3 Å². The van der Waals surface area contributed by atoms with Crippen molar-refractivity contribution >= 4 is 47.4 Å². The Kier molecular flexibility index (Phi) is 20.4. The molecule has 13 heteroatoms. The van der Waals surface area contributed by atoms with E-state index in [4.69, 9.17) is 23.7 Å². The molecule has 0 amide bonds. The van der Waals surface area contributed by atoms with Gasteiger partial charge in [0.15, 0.2) is 0 Å². The maximum absolute atomic E-state index is 12.3. The van der Waals surface area contributed by atoms with Crippen molar-refractivity contribution in [3.8, 4) is 12.1 Å². The number of benzene rings is 2. The van der Waals surface area contributed by atoms with Crippen LogP contribution in [0.5, 0.6) is 0 Å². The average Bonchev–Trinajstić information content (AvgIpc) is 3.18. The van der Waals surface area contributed by atoms with Crippen molar-refractivity contribution in [3.63, 3.8) is 0 Å². The van der Waals surface area contributed by atoms with Gasteiger partial charge in [-0.25, -0.2) is 19.2 Å². The summed E-state index contributed by atoms with van der Waals surface area (Å²) >= 11 is 0. The number of anilines is 2. The van der Waals surface area contributed by atoms with Gasteiger partial charge in [-0.1, -0.05) is 37.4 Å². The summed E-state index contributed by atoms with van der Waals surface area (Å²) < 4.78 is 25.8. The fourth-order valence-corrected chi connectivity index (χ4v) is 4.87. The van der Waals surface area contributed by atoms with Crippen LogP contribution in [-0.2, 0) is 42.9 Å². The minimum atomic E-state index is -0.800. The van der Waals surface area contributed by atoms with Crippen LogP contribution in [0.25, 0.3) is 12.2 Å². The summed E-state index contributed by atoms with van der Waals surface area (Å²) in [7, 11) is 0. The van der Waals surface area contributed by atoms with E-state index in [-0.39, 0.29) is 48.7 Å². The van der Waals surface area contributed by atoms with Crippen LogP contribution in [0.15, 0.2) is 84.0 Å². The Morgan fingerprint density at radius 3 is 1.20 bits per heavy atom. The zero-order valence-electron chi connectivity index (χ0n) is 32.1. The summed E-state index contributed by atoms with van der Waals surface area (Å²) in [5.41, 5.74) is 3.49. The Labute approximate surface area is 323 Å². The van der Waals surface area contributed by atoms with E-state index in [2.05, 4.69) is 36.8 Å². The predicted molar refractivity (Wildman–Crippen MR) is 209 cm³/mol. The van der Waals surface area contributed by atoms with Crippen LogP contribution in [0.2, 0.25) is 0 Å². The monoisotopic (exact) mass is 754 g/mol. The predicted octanol–water partition coefficient (Wildman–Crippen LogP) is 5.98. The van der Waals surface area contributed by atoms with Gasteiger partial charge in [-0.3, -0.25) is 0 Å². The van der Waals surface area contributed by atoms with Crippen LogP contribution < -0.4 is 9.80 Å². The van der Waals surface area contributed by atoms with Crippen molar-refractivity contribution in [2.75, 3.05) is 75.6 Å². The number of rotatable bonds is 24. The number of carbonyl (C=O) groups is 4. The van der Waals surface area contributed by atoms with Crippen LogP contribution in [0.1, 0.15) is 51.7 Å². The molecule has 0 fully saturated rings. The molecule has 0 heterocycles. The molecule has 0 aromatic heterocycles. The Hall–Kier alpha value is -6.18. The second-order valence-corrected chi connectivity index (χ2v) is 12.1. The maximum atomic E-state index is 12.3. The van der Waals surface area contributed by atoms with Gasteiger partial charge in [0.25, 0.3) is 0 Å². The number of hydrogen-bond acceptors (Lipinski definition) is 13. The molecular weight excluding hydrogens is 704 g/mol. The molecule has 2 aromatic carbocycles. The number of carbonyl (C=O) groups excluding carboxylic acids is 4. The Morgan fingerprint density at radius 1 is 0.582 bits per heavy atom. The van der Waals surface area contributed by atoms with Crippen molar-refractivity contribution in [2.45, 2.75) is 40.5 Å². The van der Waals surface area contributed by atoms with E-state index in [0.717, 1.165) is 50.4 Å². The first-order valence-corrected chi connectivity index (χ1v) is 17.9. The Balaban J connectivity index is 1.76. The van der Waals surface area contributed by atoms with Gasteiger partial charge in [0, 0.05) is 61.9 Å². The zero-order chi connectivity index (χ0) is 40.6. The molecular formula is C42H50N4O9. The van der Waals surface area contributed by atoms with Gasteiger partial charge in [-0.05, 0) is 88.1 Å². The highest BCUT2D eigenvalue weighted by molar-refractivity contribution is 5.98. The van der Waals surface area contributed by atoms with E-state index in [9.17, 15) is 29.7 Å². The third kappa shape index (κ3) is 16.6. The lowest BCUT2D eigenvalue weighted by Crippen LogP contribution is -2.26. The zero-order valence-corrected chi connectivity index (χ0v) is 32.1. The van der Waals surface area contributed by atoms with Gasteiger partial charge in [-0.15, -0.1) is 0 Å². The molecule has 0 atom stereocenters. The molecule has 13 nitrogen and oxygen atoms in total. The topological polar surface area (TPSA) is 168 Å². The highest BCUT2D eigenvalue weighted by atomic mass is 16.6. The van der Waals surface area contributed by atoms with Crippen molar-refractivity contribution in [1.82, 2.24) is 0 Å². The summed E-state index contributed by atoms with van der Waals surface area (Å²) in [5.74, 6) is -2.76. The Morgan fingerprint density at radius 2 is 0.909 bits per heavy atom. The number of hydrogen-bond donors (Lipinski definition) is 0. The summed E-state index contributed by atoms with van der Waals surface area (Å²) in [5, 5.41) is 18.9. The van der Waals surface area contributed by atoms with Gasteiger partial charge in [0.05, 0.1) is 0 Å². The van der Waals surface area contributed by atoms with Gasteiger partial charge < -0.3 is 33.5 Å². The fraction of sp³-hybridized carbons (Fsp3) is 0.381. The van der Waals surface area contributed by atoms with E-state index in [1.807, 2.05) is 60.7 Å². The third-order valence-electron chi connectivity index (χ3n) is 7.81. The molecule has 0 aliphatic carbocycles. The molecule has 0 spiro atoms. The van der Waals surface area contributed by atoms with E-state index >= 15 is 0 Å². The quantitative estimate of drug-likeness (QED) is 0.0404. The summed E-state index contributed by atoms with van der Waals surface area (Å²) in [4.78, 5) is 51.9. The van der Waals surface area contributed by atoms with Crippen molar-refractivity contribution < 1.29 is 42.9 Å². The molecule has 0 aliphatic heterocycles. The summed E-state index contributed by atoms with van der Waals surface area (Å²) in [6, 6.07) is 18.8. The third-order valence-corrected chi connectivity index (χ3v) is 7.81. The molecule has 2 rings (SSSR count). The number of esters is 4. The smallest absolute Gasteiger partial charge is 0.349 e. The van der Waals surface area contributed by atoms with Crippen molar-refractivity contribution in [1.29, 1.82) is 10.5 Å². The normalized spacial score (nSPS) is 11.0. The number of ether oxygens (including phenoxy) is 5. The standard InChI is InChI=1S/C42H50N4O9/c1-7-45(37-15-11-33(12-16-37)27-35(29-43)41(49)54-25-23-52-39(47)31(3)4)19-9-21-51-22-10-20-46(8-2)38-17-13-34(14-18-38)28-36(30-44)42(50)55-26-24-53-40(48)32(5)6/h11-18,27-28H,3,5,7-10,19-26H2,1-2,4,6H3/b35-27+,36-28+. The van der Waals surface area contributed by atoms with Crippen LogP contribution in [0, 0.1) is 22.7 Å². The van der Waals surface area contributed by atoms with Gasteiger partial charge in [0.2, 0.25) is 0 Å². The second kappa shape index (κ2) is 24.9. The van der Waals surface area contributed by atoms with E-state index in [1.165, 1.54) is 26.0 Å². The molecule has 0 saturated carbocycles. The molecule has 0 saturated heterocycles. The first-order chi connectivity index (χ1) is 26.4. The van der Waals surface area contributed by atoms with Crippen LogP contribution >= 0.6 is 0 Å². The minimum absolute atomic E-state index is 0.131. The first-order valence-electron chi connectivity index (χ1n) is 17.9. The number of nitriles is 2. The highest BCUT2D eigenvalue weighted by Crippen LogP contribution is 2.19. The summed E-state index contributed by atoms with van der Waals surface area (Å²) in [6.45, 7) is 17.9. The van der Waals surface area contributed by atoms with Gasteiger partial charge in [0.1, 0.15) is 49.7 Å². The molecule has 0 unspecified atom stereocenters. The average molecular weight is 755 g/mol. The number of nitrogens with zero attached hydrogens (tertiary/aromatic N) is 4. The molecule has 2 aromatic rings. The van der Waals surface area contributed by atoms with Crippen molar-refractivity contribution in [3.05, 3.63) is 95.1 Å². The lowest BCUT2D eigenvalue weighted by atomic mass is 10.1. The summed E-state index contributed by atoms with van der Waals surface area (Å²) in [6.07, 6.45) is 4.56. The van der Waals surface area contributed by atoms with E-state index in [1.54, 1.807) is 0 Å². The van der Waals surface area contributed by atoms with Gasteiger partial charge in [-0.2, -0.15) is 10.5 Å². The first kappa shape index (κ1) is 45.0. The second-order valence-electron chi connectivity index (χ2n) is 12.1. The largest absolute Gasteiger partial charge is 0.459 e. The van der Waals surface area contributed by atoms with E-state index < -0.39 is 23.9 Å². The van der Waals surface area contributed by atoms with Crippen LogP contribution in [-0.4, -0.2) is 89.7 Å². The van der Waals surface area contributed by atoms with Crippen LogP contribution in [0.4, 0.5) is 11.4 Å². The molecule has 0 aliphatic rings. The molecule has 0 bridgehead atoms. The Bertz CT molecular complexity index is 1640. The fourth-order valence-electron chi connectivity index (χ4n) is 4.87. The SMILES string of the molecule is C=C(C)C(=O)OCCOC(=O)/C(C#N)=C/c1ccc(N(CC)CCCOCCCN(CC)c2ccc(/C=C(\C#N)C(=O)OCCOC(=O)C(=C)C)cc2)cc1. The lowest BCUT2D eigenvalue weighted by Gasteiger charge is -2.24. The highest BCUT2D eigenvalue weighted by Gasteiger charge is 2.14. The minimum Gasteiger partial charge on any atom is -0.459 e. The molecule has 55 heavy (non-hydrogen) atoms. The van der Waals surface area contributed by atoms with Gasteiger partial charge >= 0.3 is 23.9 Å². The van der Waals surface area contributed by atoms with Crippen LogP contribution in [0.3, 0.4) is 0 Å². The molecule has 0 N–H and O–H groups in total. The molecule has 292 valence electrons. The van der Waals surface area contributed by atoms with Crippen molar-refractivity contribution in [2.24, 2.45) is 0 Å². The lowest BCUT2D eigenvalue weighted by molar-refractivity contribution is -0.147. The maximum Gasteiger partial charge on any atom is 0.349 e. The molecule has 0 radical (unpaired) electrons.